The number of para-hydroxylation sites is 2. The lowest BCUT2D eigenvalue weighted by atomic mass is 9.83. The van der Waals surface area contributed by atoms with E-state index in [1.54, 1.807) is 0 Å². The van der Waals surface area contributed by atoms with Crippen LogP contribution in [0.3, 0.4) is 0 Å². The average molecular weight is 640 g/mol. The van der Waals surface area contributed by atoms with E-state index in [4.69, 9.17) is 14.6 Å². The molecule has 1 fully saturated rings. The minimum absolute atomic E-state index is 0.0677. The fraction of sp³-hybridized carbons (Fsp3) is 0.475. The van der Waals surface area contributed by atoms with Crippen LogP contribution in [0.2, 0.25) is 0 Å². The molecule has 0 spiro atoms. The van der Waals surface area contributed by atoms with Crippen LogP contribution in [0.1, 0.15) is 120 Å². The number of carboxylic acids is 1. The minimum atomic E-state index is -1.00. The summed E-state index contributed by atoms with van der Waals surface area (Å²) in [6, 6.07) is 22.1. The summed E-state index contributed by atoms with van der Waals surface area (Å²) in [5, 5.41) is 12.3. The quantitative estimate of drug-likeness (QED) is 0.181. The Morgan fingerprint density at radius 3 is 2.19 bits per heavy atom. The molecule has 0 radical (unpaired) electrons. The summed E-state index contributed by atoms with van der Waals surface area (Å²) in [5.74, 6) is 0.575. The molecule has 2 N–H and O–H groups in total. The van der Waals surface area contributed by atoms with Crippen LogP contribution in [0.4, 0.5) is 5.69 Å². The SMILES string of the molecule is CC(C)(C)c1ccc(CC[C@H](CCC2CCCCC2)OC(=O)CCC(=O)O)cc1NC(=O)CC1c2ccccc2Oc2ccccc21. The molecule has 0 bridgehead atoms. The van der Waals surface area contributed by atoms with Gasteiger partial charge in [0.15, 0.2) is 0 Å². The highest BCUT2D eigenvalue weighted by atomic mass is 16.5. The Morgan fingerprint density at radius 1 is 0.894 bits per heavy atom. The van der Waals surface area contributed by atoms with Crippen molar-refractivity contribution in [2.24, 2.45) is 5.92 Å². The van der Waals surface area contributed by atoms with Gasteiger partial charge in [-0.3, -0.25) is 14.4 Å². The molecule has 7 nitrogen and oxygen atoms in total. The Morgan fingerprint density at radius 2 is 1.55 bits per heavy atom. The number of aryl methyl sites for hydroxylation is 1. The summed E-state index contributed by atoms with van der Waals surface area (Å²) in [5.41, 5.74) is 4.72. The number of rotatable bonds is 13. The van der Waals surface area contributed by atoms with Gasteiger partial charge in [0.05, 0.1) is 12.8 Å². The highest BCUT2D eigenvalue weighted by Gasteiger charge is 2.29. The standard InChI is InChI=1S/C40H49NO6/c1-40(2,3)33-22-19-28(18-21-29(46-39(45)24-23-38(43)44)20-17-27-11-5-4-6-12-27)25-34(33)41-37(42)26-32-30-13-7-9-15-35(30)47-36-16-10-8-14-31(32)36/h7-10,13-16,19,22,25,27,29,32H,4-6,11-12,17-18,20-21,23-24,26H2,1-3H3,(H,41,42)(H,43,44)/t29-/m0/s1. The summed E-state index contributed by atoms with van der Waals surface area (Å²) < 4.78 is 12.0. The van der Waals surface area contributed by atoms with Gasteiger partial charge in [0.1, 0.15) is 17.6 Å². The van der Waals surface area contributed by atoms with Gasteiger partial charge in [-0.1, -0.05) is 101 Å². The number of nitrogens with one attached hydrogen (secondary N) is 1. The highest BCUT2D eigenvalue weighted by Crippen LogP contribution is 2.45. The van der Waals surface area contributed by atoms with Crippen LogP contribution < -0.4 is 10.1 Å². The van der Waals surface area contributed by atoms with Crippen LogP contribution in [0.5, 0.6) is 11.5 Å². The zero-order valence-electron chi connectivity index (χ0n) is 28.1. The number of hydrogen-bond acceptors (Lipinski definition) is 5. The van der Waals surface area contributed by atoms with Gasteiger partial charge in [-0.2, -0.15) is 0 Å². The highest BCUT2D eigenvalue weighted by molar-refractivity contribution is 5.93. The Hall–Kier alpha value is -4.13. The number of carboxylic acid groups (broad SMARTS) is 1. The van der Waals surface area contributed by atoms with Gasteiger partial charge in [0, 0.05) is 29.2 Å². The molecule has 1 aliphatic carbocycles. The minimum Gasteiger partial charge on any atom is -0.481 e. The van der Waals surface area contributed by atoms with E-state index in [-0.39, 0.29) is 42.6 Å². The van der Waals surface area contributed by atoms with Crippen molar-refractivity contribution in [2.45, 2.75) is 115 Å². The normalized spacial score (nSPS) is 15.6. The third-order valence-electron chi connectivity index (χ3n) is 9.58. The summed E-state index contributed by atoms with van der Waals surface area (Å²) in [6.07, 6.45) is 9.04. The molecule has 250 valence electrons. The van der Waals surface area contributed by atoms with Crippen molar-refractivity contribution in [2.75, 3.05) is 5.32 Å². The molecule has 0 saturated heterocycles. The molecule has 0 unspecified atom stereocenters. The summed E-state index contributed by atoms with van der Waals surface area (Å²) in [4.78, 5) is 37.3. The number of fused-ring (bicyclic) bond motifs is 2. The van der Waals surface area contributed by atoms with E-state index in [0.717, 1.165) is 52.3 Å². The molecule has 5 rings (SSSR count). The number of esters is 1. The van der Waals surface area contributed by atoms with E-state index >= 15 is 0 Å². The van der Waals surface area contributed by atoms with Gasteiger partial charge < -0.3 is 19.9 Å². The van der Waals surface area contributed by atoms with Gasteiger partial charge in [0.2, 0.25) is 5.91 Å². The summed E-state index contributed by atoms with van der Waals surface area (Å²) in [7, 11) is 0. The maximum absolute atomic E-state index is 13.8. The van der Waals surface area contributed by atoms with Crippen LogP contribution in [0.15, 0.2) is 66.7 Å². The van der Waals surface area contributed by atoms with Gasteiger partial charge in [-0.25, -0.2) is 0 Å². The Kier molecular flexibility index (Phi) is 11.4. The van der Waals surface area contributed by atoms with Gasteiger partial charge >= 0.3 is 11.9 Å². The number of carbonyl (C=O) groups is 3. The van der Waals surface area contributed by atoms with Crippen molar-refractivity contribution in [3.8, 4) is 11.5 Å². The summed E-state index contributed by atoms with van der Waals surface area (Å²) >= 11 is 0. The third kappa shape index (κ3) is 9.46. The molecule has 7 heteroatoms. The lowest BCUT2D eigenvalue weighted by Gasteiger charge is -2.28. The molecule has 0 aromatic heterocycles. The smallest absolute Gasteiger partial charge is 0.306 e. The molecule has 3 aromatic carbocycles. The van der Waals surface area contributed by atoms with E-state index < -0.39 is 11.9 Å². The molecule has 2 aliphatic rings. The molecule has 1 heterocycles. The molecule has 1 saturated carbocycles. The number of amides is 1. The topological polar surface area (TPSA) is 102 Å². The fourth-order valence-corrected chi connectivity index (χ4v) is 7.06. The maximum Gasteiger partial charge on any atom is 0.306 e. The maximum atomic E-state index is 13.8. The lowest BCUT2D eigenvalue weighted by molar-refractivity contribution is -0.152. The van der Waals surface area contributed by atoms with Gasteiger partial charge in [-0.05, 0) is 66.3 Å². The van der Waals surface area contributed by atoms with E-state index in [1.165, 1.54) is 32.1 Å². The van der Waals surface area contributed by atoms with Crippen LogP contribution >= 0.6 is 0 Å². The van der Waals surface area contributed by atoms with E-state index in [2.05, 4.69) is 44.3 Å². The number of anilines is 1. The van der Waals surface area contributed by atoms with E-state index in [1.807, 2.05) is 48.5 Å². The number of aliphatic carboxylic acids is 1. The van der Waals surface area contributed by atoms with Crippen molar-refractivity contribution < 1.29 is 29.0 Å². The lowest BCUT2D eigenvalue weighted by Crippen LogP contribution is -2.22. The monoisotopic (exact) mass is 639 g/mol. The second-order valence-electron chi connectivity index (χ2n) is 14.2. The fourth-order valence-electron chi connectivity index (χ4n) is 7.06. The average Bonchev–Trinajstić information content (AvgIpc) is 3.05. The molecule has 3 aromatic rings. The number of ether oxygens (including phenoxy) is 2. The van der Waals surface area contributed by atoms with Gasteiger partial charge in [-0.15, -0.1) is 0 Å². The molecular weight excluding hydrogens is 590 g/mol. The number of carbonyl (C=O) groups excluding carboxylic acids is 2. The predicted molar refractivity (Wildman–Crippen MR) is 184 cm³/mol. The Balaban J connectivity index is 1.30. The first-order valence-corrected chi connectivity index (χ1v) is 17.3. The summed E-state index contributed by atoms with van der Waals surface area (Å²) in [6.45, 7) is 6.42. The van der Waals surface area contributed by atoms with Crippen molar-refractivity contribution in [1.29, 1.82) is 0 Å². The van der Waals surface area contributed by atoms with E-state index in [0.29, 0.717) is 18.8 Å². The first-order valence-electron chi connectivity index (χ1n) is 17.3. The molecule has 1 amide bonds. The zero-order chi connectivity index (χ0) is 33.4. The molecule has 1 aliphatic heterocycles. The van der Waals surface area contributed by atoms with Crippen LogP contribution in [-0.4, -0.2) is 29.1 Å². The van der Waals surface area contributed by atoms with E-state index in [9.17, 15) is 14.4 Å². The third-order valence-corrected chi connectivity index (χ3v) is 9.58. The first-order chi connectivity index (χ1) is 22.6. The van der Waals surface area contributed by atoms with Crippen molar-refractivity contribution in [3.05, 3.63) is 89.0 Å². The van der Waals surface area contributed by atoms with Crippen molar-refractivity contribution in [3.63, 3.8) is 0 Å². The van der Waals surface area contributed by atoms with Crippen LogP contribution in [0, 0.1) is 5.92 Å². The number of hydrogen-bond donors (Lipinski definition) is 2. The predicted octanol–water partition coefficient (Wildman–Crippen LogP) is 9.32. The van der Waals surface area contributed by atoms with Gasteiger partial charge in [0.25, 0.3) is 0 Å². The molecular formula is C40H49NO6. The molecule has 1 atom stereocenters. The van der Waals surface area contributed by atoms with Crippen LogP contribution in [0.25, 0.3) is 0 Å². The second kappa shape index (κ2) is 15.6. The second-order valence-corrected chi connectivity index (χ2v) is 14.2. The largest absolute Gasteiger partial charge is 0.481 e. The van der Waals surface area contributed by atoms with Crippen molar-refractivity contribution >= 4 is 23.5 Å². The number of benzene rings is 3. The Bertz CT molecular complexity index is 1500. The molecule has 47 heavy (non-hydrogen) atoms. The zero-order valence-corrected chi connectivity index (χ0v) is 28.1. The van der Waals surface area contributed by atoms with Crippen molar-refractivity contribution in [1.82, 2.24) is 0 Å². The first kappa shape index (κ1) is 34.2. The Labute approximate surface area is 279 Å². The van der Waals surface area contributed by atoms with Crippen LogP contribution in [-0.2, 0) is 31.0 Å².